The Bertz CT molecular complexity index is 991. The van der Waals surface area contributed by atoms with Crippen LogP contribution in [-0.4, -0.2) is 41.8 Å². The maximum absolute atomic E-state index is 12.8. The van der Waals surface area contributed by atoms with Crippen LogP contribution in [0.15, 0.2) is 48.5 Å². The molecule has 1 amide bonds. The van der Waals surface area contributed by atoms with Gasteiger partial charge in [-0.15, -0.1) is 12.4 Å². The molecule has 0 atom stereocenters. The number of carbonyl (C=O) groups excluding carboxylic acids is 2. The van der Waals surface area contributed by atoms with Gasteiger partial charge in [-0.05, 0) is 55.2 Å². The molecule has 0 radical (unpaired) electrons. The van der Waals surface area contributed by atoms with Gasteiger partial charge in [0.2, 0.25) is 5.91 Å². The van der Waals surface area contributed by atoms with Gasteiger partial charge in [-0.25, -0.2) is 0 Å². The lowest BCUT2D eigenvalue weighted by atomic mass is 9.96. The van der Waals surface area contributed by atoms with E-state index in [-0.39, 0.29) is 42.1 Å². The van der Waals surface area contributed by atoms with Crippen molar-refractivity contribution in [2.45, 2.75) is 63.9 Å². The number of amides is 1. The van der Waals surface area contributed by atoms with Gasteiger partial charge in [-0.3, -0.25) is 15.0 Å². The third-order valence-corrected chi connectivity index (χ3v) is 7.10. The number of carbonyl (C=O) groups is 2. The van der Waals surface area contributed by atoms with Gasteiger partial charge in [-0.1, -0.05) is 61.4 Å². The van der Waals surface area contributed by atoms with E-state index in [2.05, 4.69) is 0 Å². The summed E-state index contributed by atoms with van der Waals surface area (Å²) in [5, 5.41) is 7.50. The molecule has 7 heteroatoms. The van der Waals surface area contributed by atoms with E-state index in [0.29, 0.717) is 37.9 Å². The highest BCUT2D eigenvalue weighted by Crippen LogP contribution is 2.25. The van der Waals surface area contributed by atoms with E-state index in [1.807, 2.05) is 53.4 Å². The molecule has 4 rings (SSSR count). The Balaban J connectivity index is 0.00000342. The second kappa shape index (κ2) is 12.7. The van der Waals surface area contributed by atoms with E-state index in [9.17, 15) is 9.59 Å². The second-order valence-corrected chi connectivity index (χ2v) is 9.57. The van der Waals surface area contributed by atoms with E-state index >= 15 is 0 Å². The summed E-state index contributed by atoms with van der Waals surface area (Å²) in [5.74, 6) is 0.0158. The number of benzene rings is 2. The van der Waals surface area contributed by atoms with E-state index in [0.717, 1.165) is 42.4 Å². The van der Waals surface area contributed by atoms with E-state index in [1.165, 1.54) is 12.8 Å². The Labute approximate surface area is 214 Å². The number of hydrogen-bond acceptors (Lipinski definition) is 4. The van der Waals surface area contributed by atoms with Crippen LogP contribution in [0.1, 0.15) is 62.5 Å². The fourth-order valence-electron chi connectivity index (χ4n) is 4.93. The van der Waals surface area contributed by atoms with Gasteiger partial charge >= 0.3 is 5.97 Å². The third kappa shape index (κ3) is 7.31. The van der Waals surface area contributed by atoms with Crippen LogP contribution in [-0.2, 0) is 20.7 Å². The van der Waals surface area contributed by atoms with Crippen LogP contribution in [0, 0.1) is 11.3 Å². The number of halogens is 1. The maximum Gasteiger partial charge on any atom is 0.309 e. The molecule has 0 aromatic heterocycles. The first-order chi connectivity index (χ1) is 16.5. The van der Waals surface area contributed by atoms with Gasteiger partial charge in [-0.2, -0.15) is 0 Å². The summed E-state index contributed by atoms with van der Waals surface area (Å²) in [4.78, 5) is 27.3. The maximum atomic E-state index is 12.8. The van der Waals surface area contributed by atoms with Crippen LogP contribution in [0.25, 0.3) is 11.1 Å². The van der Waals surface area contributed by atoms with Crippen molar-refractivity contribution in [1.82, 2.24) is 4.90 Å². The Morgan fingerprint density at radius 1 is 0.857 bits per heavy atom. The lowest BCUT2D eigenvalue weighted by Crippen LogP contribution is -2.41. The first-order valence-corrected chi connectivity index (χ1v) is 12.5. The summed E-state index contributed by atoms with van der Waals surface area (Å²) in [6.07, 6.45) is 8.59. The first-order valence-electron chi connectivity index (χ1n) is 12.5. The van der Waals surface area contributed by atoms with Gasteiger partial charge in [0.1, 0.15) is 11.9 Å². The molecule has 188 valence electrons. The number of nitrogens with one attached hydrogen (secondary N) is 1. The number of ether oxygens (including phenoxy) is 1. The molecule has 1 saturated carbocycles. The van der Waals surface area contributed by atoms with Crippen molar-refractivity contribution in [3.05, 3.63) is 59.7 Å². The monoisotopic (exact) mass is 497 g/mol. The Kier molecular flexibility index (Phi) is 9.73. The number of amidine groups is 1. The molecule has 0 spiro atoms. The van der Waals surface area contributed by atoms with Crippen molar-refractivity contribution in [3.63, 3.8) is 0 Å². The number of likely N-dealkylation sites (tertiary alicyclic amines) is 1. The first kappa shape index (κ1) is 26.7. The highest BCUT2D eigenvalue weighted by atomic mass is 35.5. The van der Waals surface area contributed by atoms with Gasteiger partial charge < -0.3 is 15.4 Å². The van der Waals surface area contributed by atoms with E-state index in [1.54, 1.807) is 0 Å². The predicted molar refractivity (Wildman–Crippen MR) is 141 cm³/mol. The van der Waals surface area contributed by atoms with Crippen LogP contribution in [0.2, 0.25) is 0 Å². The van der Waals surface area contributed by atoms with Gasteiger partial charge in [0.15, 0.2) is 0 Å². The molecule has 3 N–H and O–H groups in total. The lowest BCUT2D eigenvalue weighted by Gasteiger charge is -2.31. The standard InChI is InChI=1S/C28H35N3O3.ClH/c29-27(30)23-13-11-22(12-14-23)21-9-7-20(8-10-21)19-26(32)31-17-15-24(16-18-31)28(33)34-25-5-3-1-2-4-6-25;/h7-14,24-25H,1-6,15-19H2,(H3,29,30);1H. The summed E-state index contributed by atoms with van der Waals surface area (Å²) in [6.45, 7) is 1.23. The fourth-order valence-corrected chi connectivity index (χ4v) is 4.93. The van der Waals surface area contributed by atoms with Crippen LogP contribution in [0.4, 0.5) is 0 Å². The third-order valence-electron chi connectivity index (χ3n) is 7.10. The van der Waals surface area contributed by atoms with Crippen molar-refractivity contribution in [3.8, 4) is 11.1 Å². The number of hydrogen-bond donors (Lipinski definition) is 2. The minimum atomic E-state index is -0.0824. The molecule has 1 aliphatic carbocycles. The summed E-state index contributed by atoms with van der Waals surface area (Å²) >= 11 is 0. The molecule has 1 heterocycles. The van der Waals surface area contributed by atoms with Crippen LogP contribution in [0.3, 0.4) is 0 Å². The van der Waals surface area contributed by atoms with Crippen molar-refractivity contribution < 1.29 is 14.3 Å². The highest BCUT2D eigenvalue weighted by Gasteiger charge is 2.30. The smallest absolute Gasteiger partial charge is 0.309 e. The zero-order valence-electron chi connectivity index (χ0n) is 20.2. The van der Waals surface area contributed by atoms with E-state index in [4.69, 9.17) is 15.9 Å². The molecule has 0 unspecified atom stereocenters. The summed E-state index contributed by atoms with van der Waals surface area (Å²) in [7, 11) is 0. The Morgan fingerprint density at radius 2 is 1.40 bits per heavy atom. The fraction of sp³-hybridized carbons (Fsp3) is 0.464. The van der Waals surface area contributed by atoms with Gasteiger partial charge in [0.05, 0.1) is 12.3 Å². The molecular formula is C28H36ClN3O3. The molecular weight excluding hydrogens is 462 g/mol. The number of nitrogens with zero attached hydrogens (tertiary/aromatic N) is 1. The summed E-state index contributed by atoms with van der Waals surface area (Å²) < 4.78 is 5.81. The largest absolute Gasteiger partial charge is 0.462 e. The molecule has 2 aliphatic rings. The zero-order chi connectivity index (χ0) is 23.9. The van der Waals surface area contributed by atoms with Crippen LogP contribution < -0.4 is 5.73 Å². The SMILES string of the molecule is Cl.N=C(N)c1ccc(-c2ccc(CC(=O)N3CCC(C(=O)OC4CCCCCC4)CC3)cc2)cc1. The molecule has 2 fully saturated rings. The minimum absolute atomic E-state index is 0. The molecule has 1 saturated heterocycles. The second-order valence-electron chi connectivity index (χ2n) is 9.57. The molecule has 6 nitrogen and oxygen atoms in total. The molecule has 35 heavy (non-hydrogen) atoms. The van der Waals surface area contributed by atoms with Gasteiger partial charge in [0, 0.05) is 18.7 Å². The molecule has 2 aromatic carbocycles. The minimum Gasteiger partial charge on any atom is -0.462 e. The van der Waals surface area contributed by atoms with E-state index < -0.39 is 0 Å². The molecule has 1 aliphatic heterocycles. The number of nitrogen functional groups attached to an aromatic ring is 1. The number of piperidine rings is 1. The average Bonchev–Trinajstić information content (AvgIpc) is 3.13. The number of nitrogens with two attached hydrogens (primary N) is 1. The number of rotatable bonds is 6. The predicted octanol–water partition coefficient (Wildman–Crippen LogP) is 5.11. The van der Waals surface area contributed by atoms with Crippen LogP contribution >= 0.6 is 12.4 Å². The number of esters is 1. The average molecular weight is 498 g/mol. The topological polar surface area (TPSA) is 96.5 Å². The normalized spacial score (nSPS) is 17.2. The van der Waals surface area contributed by atoms with Crippen molar-refractivity contribution in [2.75, 3.05) is 13.1 Å². The zero-order valence-corrected chi connectivity index (χ0v) is 21.0. The Hall–Kier alpha value is -2.86. The highest BCUT2D eigenvalue weighted by molar-refractivity contribution is 5.95. The molecule has 2 aromatic rings. The van der Waals surface area contributed by atoms with Crippen molar-refractivity contribution >= 4 is 30.1 Å². The van der Waals surface area contributed by atoms with Crippen molar-refractivity contribution in [2.24, 2.45) is 11.7 Å². The Morgan fingerprint density at radius 3 is 1.94 bits per heavy atom. The van der Waals surface area contributed by atoms with Crippen molar-refractivity contribution in [1.29, 1.82) is 5.41 Å². The van der Waals surface area contributed by atoms with Crippen LogP contribution in [0.5, 0.6) is 0 Å². The summed E-state index contributed by atoms with van der Waals surface area (Å²) in [6, 6.07) is 15.6. The summed E-state index contributed by atoms with van der Waals surface area (Å²) in [5.41, 5.74) is 9.29. The molecule has 0 bridgehead atoms. The van der Waals surface area contributed by atoms with Gasteiger partial charge in [0.25, 0.3) is 0 Å². The lowest BCUT2D eigenvalue weighted by molar-refractivity contribution is -0.157. The quantitative estimate of drug-likeness (QED) is 0.251.